The smallest absolute Gasteiger partial charge is 0.241 e. The maximum atomic E-state index is 12.7. The van der Waals surface area contributed by atoms with Crippen LogP contribution in [-0.4, -0.2) is 14.2 Å². The monoisotopic (exact) mass is 405 g/mol. The van der Waals surface area contributed by atoms with Crippen LogP contribution in [0.1, 0.15) is 36.8 Å². The molecule has 0 aliphatic heterocycles. The standard InChI is InChI=1S/C19H19NO3S3/c1-12-8-13(2)19(14(3)9-12)26(22,23)20-10-16-4-5-17(25-16)18(21)15-6-7-24-11-15/h4-9,11,20H,10H2,1-3H3. The molecule has 0 aliphatic rings. The largest absolute Gasteiger partial charge is 0.288 e. The molecule has 4 nitrogen and oxygen atoms in total. The van der Waals surface area contributed by atoms with Crippen LogP contribution in [0.5, 0.6) is 0 Å². The molecule has 7 heteroatoms. The molecule has 0 saturated heterocycles. The van der Waals surface area contributed by atoms with Crippen LogP contribution in [0, 0.1) is 20.8 Å². The number of sulfonamides is 1. The van der Waals surface area contributed by atoms with Gasteiger partial charge in [0.15, 0.2) is 0 Å². The predicted octanol–water partition coefficient (Wildman–Crippen LogP) is 4.44. The van der Waals surface area contributed by atoms with Crippen LogP contribution in [0.3, 0.4) is 0 Å². The second-order valence-electron chi connectivity index (χ2n) is 6.16. The molecule has 0 radical (unpaired) electrons. The summed E-state index contributed by atoms with van der Waals surface area (Å²) in [6.07, 6.45) is 0. The highest BCUT2D eigenvalue weighted by Crippen LogP contribution is 2.24. The molecular weight excluding hydrogens is 386 g/mol. The normalized spacial score (nSPS) is 11.7. The third-order valence-electron chi connectivity index (χ3n) is 3.98. The second kappa shape index (κ2) is 7.44. The van der Waals surface area contributed by atoms with E-state index in [0.29, 0.717) is 15.3 Å². The Morgan fingerprint density at radius 1 is 1.08 bits per heavy atom. The van der Waals surface area contributed by atoms with E-state index >= 15 is 0 Å². The van der Waals surface area contributed by atoms with E-state index in [1.54, 1.807) is 32.0 Å². The van der Waals surface area contributed by atoms with Crippen molar-refractivity contribution in [3.63, 3.8) is 0 Å². The van der Waals surface area contributed by atoms with Crippen LogP contribution >= 0.6 is 22.7 Å². The van der Waals surface area contributed by atoms with Crippen LogP contribution < -0.4 is 4.72 Å². The van der Waals surface area contributed by atoms with Crippen molar-refractivity contribution < 1.29 is 13.2 Å². The van der Waals surface area contributed by atoms with Gasteiger partial charge in [-0.1, -0.05) is 17.7 Å². The summed E-state index contributed by atoms with van der Waals surface area (Å²) in [4.78, 5) is 14.1. The van der Waals surface area contributed by atoms with Crippen molar-refractivity contribution in [2.75, 3.05) is 0 Å². The summed E-state index contributed by atoms with van der Waals surface area (Å²) in [5, 5.41) is 3.68. The Labute approximate surface area is 161 Å². The molecular formula is C19H19NO3S3. The molecule has 136 valence electrons. The average Bonchev–Trinajstić information content (AvgIpc) is 3.23. The van der Waals surface area contributed by atoms with Crippen molar-refractivity contribution >= 4 is 38.5 Å². The maximum Gasteiger partial charge on any atom is 0.241 e. The van der Waals surface area contributed by atoms with Crippen molar-refractivity contribution in [2.24, 2.45) is 0 Å². The number of carbonyl (C=O) groups is 1. The Kier molecular flexibility index (Phi) is 5.43. The van der Waals surface area contributed by atoms with E-state index in [9.17, 15) is 13.2 Å². The highest BCUT2D eigenvalue weighted by Gasteiger charge is 2.20. The molecule has 1 N–H and O–H groups in total. The Hall–Kier alpha value is -1.80. The van der Waals surface area contributed by atoms with Gasteiger partial charge in [0.05, 0.1) is 9.77 Å². The molecule has 26 heavy (non-hydrogen) atoms. The Morgan fingerprint density at radius 3 is 2.38 bits per heavy atom. The number of aryl methyl sites for hydroxylation is 3. The molecule has 3 aromatic rings. The molecule has 0 aliphatic carbocycles. The lowest BCUT2D eigenvalue weighted by molar-refractivity contribution is 0.104. The topological polar surface area (TPSA) is 63.2 Å². The first-order valence-corrected chi connectivity index (χ1v) is 11.3. The van der Waals surface area contributed by atoms with Gasteiger partial charge in [-0.25, -0.2) is 13.1 Å². The number of hydrogen-bond donors (Lipinski definition) is 1. The minimum Gasteiger partial charge on any atom is -0.288 e. The maximum absolute atomic E-state index is 12.7. The summed E-state index contributed by atoms with van der Waals surface area (Å²) in [6, 6.07) is 9.06. The number of thiophene rings is 2. The highest BCUT2D eigenvalue weighted by atomic mass is 32.2. The van der Waals surface area contributed by atoms with E-state index in [-0.39, 0.29) is 12.3 Å². The van der Waals surface area contributed by atoms with Crippen LogP contribution in [-0.2, 0) is 16.6 Å². The van der Waals surface area contributed by atoms with E-state index in [1.165, 1.54) is 22.7 Å². The Morgan fingerprint density at radius 2 is 1.77 bits per heavy atom. The first-order chi connectivity index (χ1) is 12.3. The fourth-order valence-corrected chi connectivity index (χ4v) is 6.05. The minimum atomic E-state index is -3.62. The summed E-state index contributed by atoms with van der Waals surface area (Å²) >= 11 is 2.79. The number of nitrogens with one attached hydrogen (secondary N) is 1. The van der Waals surface area contributed by atoms with E-state index < -0.39 is 10.0 Å². The molecule has 2 heterocycles. The van der Waals surface area contributed by atoms with Gasteiger partial charge in [-0.15, -0.1) is 11.3 Å². The summed E-state index contributed by atoms with van der Waals surface area (Å²) < 4.78 is 28.1. The van der Waals surface area contributed by atoms with Crippen LogP contribution in [0.4, 0.5) is 0 Å². The summed E-state index contributed by atoms with van der Waals surface area (Å²) in [7, 11) is -3.62. The van der Waals surface area contributed by atoms with Gasteiger partial charge >= 0.3 is 0 Å². The number of hydrogen-bond acceptors (Lipinski definition) is 5. The van der Waals surface area contributed by atoms with Crippen molar-refractivity contribution in [1.29, 1.82) is 0 Å². The molecule has 1 aromatic carbocycles. The summed E-state index contributed by atoms with van der Waals surface area (Å²) in [6.45, 7) is 5.72. The van der Waals surface area contributed by atoms with Gasteiger partial charge < -0.3 is 0 Å². The fraction of sp³-hybridized carbons (Fsp3) is 0.211. The molecule has 0 atom stereocenters. The van der Waals surface area contributed by atoms with Gasteiger partial charge in [-0.05, 0) is 55.5 Å². The number of benzene rings is 1. The Balaban J connectivity index is 1.76. The van der Waals surface area contributed by atoms with Crippen molar-refractivity contribution in [3.8, 4) is 0 Å². The predicted molar refractivity (Wildman–Crippen MR) is 107 cm³/mol. The first-order valence-electron chi connectivity index (χ1n) is 8.01. The molecule has 0 spiro atoms. The summed E-state index contributed by atoms with van der Waals surface area (Å²) in [5.41, 5.74) is 3.16. The minimum absolute atomic E-state index is 0.0319. The SMILES string of the molecule is Cc1cc(C)c(S(=O)(=O)NCc2ccc(C(=O)c3ccsc3)s2)c(C)c1. The third-order valence-corrected chi connectivity index (χ3v) is 7.45. The van der Waals surface area contributed by atoms with E-state index in [1.807, 2.05) is 29.8 Å². The third kappa shape index (κ3) is 3.96. The number of ketones is 1. The molecule has 0 saturated carbocycles. The lowest BCUT2D eigenvalue weighted by atomic mass is 10.1. The molecule has 0 amide bonds. The molecule has 0 unspecified atom stereocenters. The van der Waals surface area contributed by atoms with Gasteiger partial charge in [0.2, 0.25) is 15.8 Å². The van der Waals surface area contributed by atoms with Gasteiger partial charge in [-0.3, -0.25) is 4.79 Å². The van der Waals surface area contributed by atoms with Crippen molar-refractivity contribution in [3.05, 3.63) is 73.1 Å². The van der Waals surface area contributed by atoms with E-state index in [0.717, 1.165) is 21.6 Å². The summed E-state index contributed by atoms with van der Waals surface area (Å²) in [5.74, 6) is -0.0319. The molecule has 3 rings (SSSR count). The average molecular weight is 406 g/mol. The Bertz CT molecular complexity index is 1020. The molecule has 0 bridgehead atoms. The highest BCUT2D eigenvalue weighted by molar-refractivity contribution is 7.89. The zero-order chi connectivity index (χ0) is 18.9. The van der Waals surface area contributed by atoms with E-state index in [2.05, 4.69) is 4.72 Å². The fourth-order valence-electron chi connectivity index (χ4n) is 2.96. The van der Waals surface area contributed by atoms with Crippen LogP contribution in [0.15, 0.2) is 46.0 Å². The lowest BCUT2D eigenvalue weighted by Gasteiger charge is -2.12. The van der Waals surface area contributed by atoms with Crippen molar-refractivity contribution in [1.82, 2.24) is 4.72 Å². The van der Waals surface area contributed by atoms with Gasteiger partial charge in [-0.2, -0.15) is 11.3 Å². The zero-order valence-corrected chi connectivity index (χ0v) is 17.1. The molecule has 0 fully saturated rings. The quantitative estimate of drug-likeness (QED) is 0.617. The first kappa shape index (κ1) is 19.0. The number of carbonyl (C=O) groups excluding carboxylic acids is 1. The molecule has 2 aromatic heterocycles. The van der Waals surface area contributed by atoms with Gasteiger partial charge in [0.1, 0.15) is 0 Å². The van der Waals surface area contributed by atoms with Crippen molar-refractivity contribution in [2.45, 2.75) is 32.2 Å². The lowest BCUT2D eigenvalue weighted by Crippen LogP contribution is -2.24. The number of rotatable bonds is 6. The van der Waals surface area contributed by atoms with Gasteiger partial charge in [0, 0.05) is 22.4 Å². The van der Waals surface area contributed by atoms with Gasteiger partial charge in [0.25, 0.3) is 0 Å². The van der Waals surface area contributed by atoms with E-state index in [4.69, 9.17) is 0 Å². The second-order valence-corrected chi connectivity index (χ2v) is 9.81. The van der Waals surface area contributed by atoms with Crippen LogP contribution in [0.25, 0.3) is 0 Å². The zero-order valence-electron chi connectivity index (χ0n) is 14.7. The van der Waals surface area contributed by atoms with Crippen LogP contribution in [0.2, 0.25) is 0 Å².